The molecule has 1 aliphatic rings. The molecule has 0 spiro atoms. The molecule has 1 aliphatic heterocycles. The van der Waals surface area contributed by atoms with Gasteiger partial charge in [-0.1, -0.05) is 24.3 Å². The number of carbonyl (C=O) groups excluding carboxylic acids is 3. The molecule has 1 aromatic heterocycles. The molecule has 6 heteroatoms. The highest BCUT2D eigenvalue weighted by molar-refractivity contribution is 6.39. The highest BCUT2D eigenvalue weighted by atomic mass is 16.2. The number of anilines is 1. The van der Waals surface area contributed by atoms with Gasteiger partial charge in [0.2, 0.25) is 0 Å². The van der Waals surface area contributed by atoms with Crippen molar-refractivity contribution in [1.82, 2.24) is 9.88 Å². The molecule has 3 aromatic rings. The Morgan fingerprint density at radius 2 is 1.60 bits per heavy atom. The van der Waals surface area contributed by atoms with E-state index in [1.54, 1.807) is 25.1 Å². The van der Waals surface area contributed by atoms with Gasteiger partial charge >= 0.3 is 6.03 Å². The fourth-order valence-corrected chi connectivity index (χ4v) is 3.46. The average Bonchev–Trinajstić information content (AvgIpc) is 3.17. The number of hydrogen-bond acceptors (Lipinski definition) is 3. The molecule has 4 rings (SSSR count). The molecule has 2 aromatic carbocycles. The number of para-hydroxylation sites is 1. The van der Waals surface area contributed by atoms with Gasteiger partial charge in [-0.15, -0.1) is 0 Å². The molecule has 150 valence electrons. The minimum Gasteiger partial charge on any atom is -0.317 e. The molecule has 30 heavy (non-hydrogen) atoms. The summed E-state index contributed by atoms with van der Waals surface area (Å²) in [6.07, 6.45) is 3.39. The summed E-state index contributed by atoms with van der Waals surface area (Å²) in [5, 5.41) is 2.27. The summed E-state index contributed by atoms with van der Waals surface area (Å²) in [6.45, 7) is 5.88. The Labute approximate surface area is 174 Å². The number of amides is 4. The molecule has 4 amide bonds. The topological polar surface area (TPSA) is 71.4 Å². The van der Waals surface area contributed by atoms with Crippen LogP contribution in [0, 0.1) is 20.8 Å². The Morgan fingerprint density at radius 3 is 2.33 bits per heavy atom. The lowest BCUT2D eigenvalue weighted by molar-refractivity contribution is -0.122. The molecule has 1 N–H and O–H groups in total. The zero-order valence-electron chi connectivity index (χ0n) is 17.0. The van der Waals surface area contributed by atoms with E-state index in [1.165, 1.54) is 11.6 Å². The van der Waals surface area contributed by atoms with E-state index in [9.17, 15) is 14.4 Å². The van der Waals surface area contributed by atoms with Gasteiger partial charge in [-0.2, -0.15) is 0 Å². The Hall–Kier alpha value is -3.93. The van der Waals surface area contributed by atoms with Crippen LogP contribution in [-0.4, -0.2) is 22.4 Å². The maximum Gasteiger partial charge on any atom is 0.335 e. The van der Waals surface area contributed by atoms with E-state index in [-0.39, 0.29) is 5.57 Å². The van der Waals surface area contributed by atoms with E-state index in [1.807, 2.05) is 61.0 Å². The molecule has 0 radical (unpaired) electrons. The monoisotopic (exact) mass is 399 g/mol. The van der Waals surface area contributed by atoms with Crippen molar-refractivity contribution in [3.8, 4) is 5.69 Å². The number of carbonyl (C=O) groups is 3. The van der Waals surface area contributed by atoms with Gasteiger partial charge in [0.1, 0.15) is 5.57 Å². The van der Waals surface area contributed by atoms with E-state index < -0.39 is 17.8 Å². The fourth-order valence-electron chi connectivity index (χ4n) is 3.46. The number of nitrogens with zero attached hydrogens (tertiary/aromatic N) is 2. The molecular weight excluding hydrogens is 378 g/mol. The number of hydrogen-bond donors (Lipinski definition) is 1. The van der Waals surface area contributed by atoms with Crippen LogP contribution < -0.4 is 10.2 Å². The highest BCUT2D eigenvalue weighted by Crippen LogP contribution is 2.25. The first kappa shape index (κ1) is 19.4. The van der Waals surface area contributed by atoms with Gasteiger partial charge in [0, 0.05) is 17.6 Å². The number of aromatic nitrogens is 1. The molecule has 0 aliphatic carbocycles. The average molecular weight is 399 g/mol. The lowest BCUT2D eigenvalue weighted by Gasteiger charge is -2.27. The second-order valence-electron chi connectivity index (χ2n) is 7.32. The van der Waals surface area contributed by atoms with E-state index in [0.717, 1.165) is 21.7 Å². The smallest absolute Gasteiger partial charge is 0.317 e. The summed E-state index contributed by atoms with van der Waals surface area (Å²) in [4.78, 5) is 39.1. The number of rotatable bonds is 3. The van der Waals surface area contributed by atoms with Gasteiger partial charge in [-0.05, 0) is 73.9 Å². The molecule has 0 bridgehead atoms. The van der Waals surface area contributed by atoms with Crippen LogP contribution in [0.4, 0.5) is 10.5 Å². The van der Waals surface area contributed by atoms with Crippen molar-refractivity contribution in [2.45, 2.75) is 20.8 Å². The maximum atomic E-state index is 13.1. The van der Waals surface area contributed by atoms with Crippen LogP contribution in [0.25, 0.3) is 11.8 Å². The van der Waals surface area contributed by atoms with Gasteiger partial charge in [-0.3, -0.25) is 14.9 Å². The maximum absolute atomic E-state index is 13.1. The minimum atomic E-state index is -0.749. The summed E-state index contributed by atoms with van der Waals surface area (Å²) in [6, 6.07) is 16.0. The summed E-state index contributed by atoms with van der Waals surface area (Å²) in [5.74, 6) is -1.35. The number of barbiturate groups is 1. The zero-order valence-corrected chi connectivity index (χ0v) is 17.0. The number of benzene rings is 2. The molecule has 1 saturated heterocycles. The first-order chi connectivity index (χ1) is 14.4. The van der Waals surface area contributed by atoms with Crippen molar-refractivity contribution < 1.29 is 14.4 Å². The van der Waals surface area contributed by atoms with Crippen LogP contribution in [0.3, 0.4) is 0 Å². The number of aryl methyl sites for hydroxylation is 3. The molecule has 0 saturated carbocycles. The molecular formula is C24H21N3O3. The van der Waals surface area contributed by atoms with Crippen LogP contribution in [-0.2, 0) is 9.59 Å². The van der Waals surface area contributed by atoms with E-state index in [2.05, 4.69) is 5.32 Å². The summed E-state index contributed by atoms with van der Waals surface area (Å²) in [5.41, 5.74) is 5.02. The number of nitrogens with one attached hydrogen (secondary N) is 1. The summed E-state index contributed by atoms with van der Waals surface area (Å²) >= 11 is 0. The van der Waals surface area contributed by atoms with Crippen LogP contribution in [0.1, 0.15) is 22.4 Å². The normalized spacial score (nSPS) is 15.6. The van der Waals surface area contributed by atoms with Crippen molar-refractivity contribution in [1.29, 1.82) is 0 Å². The third kappa shape index (κ3) is 3.33. The number of imide groups is 2. The van der Waals surface area contributed by atoms with E-state index >= 15 is 0 Å². The van der Waals surface area contributed by atoms with E-state index in [4.69, 9.17) is 0 Å². The standard InChI is InChI=1S/C24H21N3O3/c1-15-10-11-19(13-17(15)3)26-12-6-8-18(26)14-20-22(28)25-24(30)27(23(20)29)21-9-5-4-7-16(21)2/h4-14H,1-3H3,(H,25,28,30). The molecule has 1 fully saturated rings. The highest BCUT2D eigenvalue weighted by Gasteiger charge is 2.37. The van der Waals surface area contributed by atoms with Crippen molar-refractivity contribution >= 4 is 29.6 Å². The SMILES string of the molecule is Cc1ccc(-n2cccc2C=C2C(=O)NC(=O)N(c3ccccc3C)C2=O)cc1C. The van der Waals surface area contributed by atoms with Crippen LogP contribution in [0.5, 0.6) is 0 Å². The summed E-state index contributed by atoms with van der Waals surface area (Å²) in [7, 11) is 0. The van der Waals surface area contributed by atoms with Crippen LogP contribution in [0.15, 0.2) is 66.4 Å². The molecule has 0 unspecified atom stereocenters. The van der Waals surface area contributed by atoms with Gasteiger partial charge in [0.05, 0.1) is 5.69 Å². The first-order valence-electron chi connectivity index (χ1n) is 9.59. The second kappa shape index (κ2) is 7.48. The first-order valence-corrected chi connectivity index (χ1v) is 9.59. The fraction of sp³-hybridized carbons (Fsp3) is 0.125. The molecule has 0 atom stereocenters. The Morgan fingerprint density at radius 1 is 0.833 bits per heavy atom. The lowest BCUT2D eigenvalue weighted by Crippen LogP contribution is -2.54. The van der Waals surface area contributed by atoms with Crippen molar-refractivity contribution in [2.75, 3.05) is 4.90 Å². The lowest BCUT2D eigenvalue weighted by atomic mass is 10.1. The Kier molecular flexibility index (Phi) is 4.83. The summed E-state index contributed by atoms with van der Waals surface area (Å²) < 4.78 is 1.90. The van der Waals surface area contributed by atoms with Crippen molar-refractivity contribution in [3.63, 3.8) is 0 Å². The van der Waals surface area contributed by atoms with Crippen LogP contribution >= 0.6 is 0 Å². The number of urea groups is 1. The van der Waals surface area contributed by atoms with Crippen molar-refractivity contribution in [2.24, 2.45) is 0 Å². The van der Waals surface area contributed by atoms with Crippen LogP contribution in [0.2, 0.25) is 0 Å². The zero-order chi connectivity index (χ0) is 21.4. The predicted molar refractivity (Wildman–Crippen MR) is 115 cm³/mol. The molecule has 6 nitrogen and oxygen atoms in total. The molecule has 2 heterocycles. The predicted octanol–water partition coefficient (Wildman–Crippen LogP) is 4.07. The van der Waals surface area contributed by atoms with E-state index in [0.29, 0.717) is 11.4 Å². The van der Waals surface area contributed by atoms with Crippen molar-refractivity contribution in [3.05, 3.63) is 88.8 Å². The quantitative estimate of drug-likeness (QED) is 0.533. The van der Waals surface area contributed by atoms with Gasteiger partial charge in [0.25, 0.3) is 11.8 Å². The third-order valence-corrected chi connectivity index (χ3v) is 5.30. The van der Waals surface area contributed by atoms with Gasteiger partial charge in [-0.25, -0.2) is 9.69 Å². The van der Waals surface area contributed by atoms with Gasteiger partial charge in [0.15, 0.2) is 0 Å². The second-order valence-corrected chi connectivity index (χ2v) is 7.32. The minimum absolute atomic E-state index is 0.0957. The Bertz CT molecular complexity index is 1220. The largest absolute Gasteiger partial charge is 0.335 e. The Balaban J connectivity index is 1.77. The third-order valence-electron chi connectivity index (χ3n) is 5.30. The van der Waals surface area contributed by atoms with Gasteiger partial charge < -0.3 is 4.57 Å².